The van der Waals surface area contributed by atoms with Crippen LogP contribution in [0.4, 0.5) is 0 Å². The summed E-state index contributed by atoms with van der Waals surface area (Å²) in [6, 6.07) is 1.74. The second kappa shape index (κ2) is 5.73. The summed E-state index contributed by atoms with van der Waals surface area (Å²) < 4.78 is 25.5. The summed E-state index contributed by atoms with van der Waals surface area (Å²) in [6.07, 6.45) is 2.13. The maximum absolute atomic E-state index is 11.5. The molecule has 1 unspecified atom stereocenters. The Morgan fingerprint density at radius 3 is 2.67 bits per heavy atom. The van der Waals surface area contributed by atoms with Crippen LogP contribution in [-0.2, 0) is 10.0 Å². The molecule has 0 bridgehead atoms. The fourth-order valence-corrected chi connectivity index (χ4v) is 3.44. The quantitative estimate of drug-likeness (QED) is 0.804. The highest BCUT2D eigenvalue weighted by molar-refractivity contribution is 7.99. The fourth-order valence-electron chi connectivity index (χ4n) is 1.38. The third-order valence-electron chi connectivity index (χ3n) is 2.56. The summed E-state index contributed by atoms with van der Waals surface area (Å²) in [4.78, 5) is 0. The van der Waals surface area contributed by atoms with Crippen LogP contribution in [0.1, 0.15) is 19.8 Å². The fraction of sp³-hybridized carbons (Fsp3) is 0.889. The first-order valence-corrected chi connectivity index (χ1v) is 7.72. The third kappa shape index (κ3) is 4.01. The molecule has 1 rings (SSSR count). The van der Waals surface area contributed by atoms with Gasteiger partial charge in [0.15, 0.2) is 5.25 Å². The van der Waals surface area contributed by atoms with Crippen molar-refractivity contribution in [1.29, 1.82) is 5.26 Å². The van der Waals surface area contributed by atoms with E-state index < -0.39 is 15.3 Å². The van der Waals surface area contributed by atoms with Crippen LogP contribution >= 0.6 is 11.8 Å². The van der Waals surface area contributed by atoms with Gasteiger partial charge in [0.2, 0.25) is 10.0 Å². The van der Waals surface area contributed by atoms with Crippen molar-refractivity contribution in [3.63, 3.8) is 0 Å². The second-order valence-corrected chi connectivity index (χ2v) is 7.03. The Morgan fingerprint density at radius 1 is 1.53 bits per heavy atom. The Morgan fingerprint density at radius 2 is 2.13 bits per heavy atom. The van der Waals surface area contributed by atoms with Gasteiger partial charge in [-0.3, -0.25) is 0 Å². The minimum Gasteiger partial charge on any atom is -0.214 e. The molecule has 4 nitrogen and oxygen atoms in total. The minimum atomic E-state index is -3.43. The monoisotopic (exact) mass is 248 g/mol. The predicted molar refractivity (Wildman–Crippen MR) is 62.0 cm³/mol. The van der Waals surface area contributed by atoms with Crippen molar-refractivity contribution >= 4 is 21.8 Å². The van der Waals surface area contributed by atoms with E-state index in [0.717, 1.165) is 24.3 Å². The Hall–Kier alpha value is -0.250. The zero-order chi connectivity index (χ0) is 11.3. The molecule has 0 aromatic heterocycles. The number of nitrogens with one attached hydrogen (secondary N) is 1. The van der Waals surface area contributed by atoms with E-state index in [1.165, 1.54) is 6.92 Å². The van der Waals surface area contributed by atoms with Crippen LogP contribution < -0.4 is 4.72 Å². The molecule has 1 heterocycles. The highest BCUT2D eigenvalue weighted by atomic mass is 32.2. The number of rotatable bonds is 4. The Labute approximate surface area is 95.5 Å². The minimum absolute atomic E-state index is 0.437. The van der Waals surface area contributed by atoms with E-state index in [1.807, 2.05) is 11.8 Å². The first-order valence-electron chi connectivity index (χ1n) is 5.02. The summed E-state index contributed by atoms with van der Waals surface area (Å²) >= 11 is 1.91. The number of nitriles is 1. The van der Waals surface area contributed by atoms with Crippen LogP contribution in [0.5, 0.6) is 0 Å². The van der Waals surface area contributed by atoms with E-state index in [4.69, 9.17) is 5.26 Å². The van der Waals surface area contributed by atoms with E-state index in [-0.39, 0.29) is 0 Å². The molecule has 15 heavy (non-hydrogen) atoms. The summed E-state index contributed by atoms with van der Waals surface area (Å²) in [5.41, 5.74) is 0. The van der Waals surface area contributed by atoms with E-state index in [0.29, 0.717) is 12.5 Å². The third-order valence-corrected chi connectivity index (χ3v) is 5.22. The van der Waals surface area contributed by atoms with E-state index in [2.05, 4.69) is 4.72 Å². The molecule has 0 radical (unpaired) electrons. The molecule has 1 saturated heterocycles. The first kappa shape index (κ1) is 12.8. The van der Waals surface area contributed by atoms with Crippen molar-refractivity contribution in [3.8, 4) is 6.07 Å². The van der Waals surface area contributed by atoms with Gasteiger partial charge in [-0.15, -0.1) is 0 Å². The lowest BCUT2D eigenvalue weighted by Crippen LogP contribution is -2.36. The molecule has 1 N–H and O–H groups in total. The maximum Gasteiger partial charge on any atom is 0.227 e. The van der Waals surface area contributed by atoms with Gasteiger partial charge in [0.1, 0.15) is 0 Å². The molecular weight excluding hydrogens is 232 g/mol. The lowest BCUT2D eigenvalue weighted by molar-refractivity contribution is 0.476. The zero-order valence-electron chi connectivity index (χ0n) is 8.77. The SMILES string of the molecule is CC(C#N)S(=O)(=O)NCC1CCSCC1. The summed E-state index contributed by atoms with van der Waals surface area (Å²) in [6.45, 7) is 1.88. The van der Waals surface area contributed by atoms with Crippen LogP contribution in [0.25, 0.3) is 0 Å². The molecule has 0 aliphatic carbocycles. The number of nitrogens with zero attached hydrogens (tertiary/aromatic N) is 1. The smallest absolute Gasteiger partial charge is 0.214 e. The Balaban J connectivity index is 2.39. The summed E-state index contributed by atoms with van der Waals surface area (Å²) in [5, 5.41) is 7.57. The normalized spacial score (nSPS) is 20.8. The molecule has 1 aliphatic heterocycles. The van der Waals surface area contributed by atoms with Crippen LogP contribution in [-0.4, -0.2) is 31.7 Å². The molecule has 0 amide bonds. The van der Waals surface area contributed by atoms with Gasteiger partial charge in [0.05, 0.1) is 6.07 Å². The van der Waals surface area contributed by atoms with E-state index >= 15 is 0 Å². The molecule has 1 fully saturated rings. The number of hydrogen-bond donors (Lipinski definition) is 1. The molecule has 0 saturated carbocycles. The molecular formula is C9H16N2O2S2. The van der Waals surface area contributed by atoms with Gasteiger partial charge in [-0.1, -0.05) is 0 Å². The van der Waals surface area contributed by atoms with Crippen molar-refractivity contribution < 1.29 is 8.42 Å². The van der Waals surface area contributed by atoms with Crippen molar-refractivity contribution in [1.82, 2.24) is 4.72 Å². The van der Waals surface area contributed by atoms with Gasteiger partial charge in [0.25, 0.3) is 0 Å². The van der Waals surface area contributed by atoms with E-state index in [9.17, 15) is 8.42 Å². The van der Waals surface area contributed by atoms with E-state index in [1.54, 1.807) is 6.07 Å². The summed E-state index contributed by atoms with van der Waals surface area (Å²) in [7, 11) is -3.43. The average Bonchev–Trinajstić information content (AvgIpc) is 2.27. The van der Waals surface area contributed by atoms with Crippen LogP contribution in [0.3, 0.4) is 0 Å². The van der Waals surface area contributed by atoms with Gasteiger partial charge in [-0.05, 0) is 37.2 Å². The van der Waals surface area contributed by atoms with Gasteiger partial charge in [-0.2, -0.15) is 17.0 Å². The topological polar surface area (TPSA) is 70.0 Å². The molecule has 1 atom stereocenters. The first-order chi connectivity index (χ1) is 7.06. The van der Waals surface area contributed by atoms with Crippen molar-refractivity contribution in [2.45, 2.75) is 25.0 Å². The maximum atomic E-state index is 11.5. The van der Waals surface area contributed by atoms with Crippen molar-refractivity contribution in [3.05, 3.63) is 0 Å². The van der Waals surface area contributed by atoms with Crippen molar-refractivity contribution in [2.24, 2.45) is 5.92 Å². The summed E-state index contributed by atoms with van der Waals surface area (Å²) in [5.74, 6) is 2.66. The molecule has 86 valence electrons. The van der Waals surface area contributed by atoms with Gasteiger partial charge in [0, 0.05) is 6.54 Å². The lowest BCUT2D eigenvalue weighted by Gasteiger charge is -2.21. The average molecular weight is 248 g/mol. The molecule has 1 aliphatic rings. The standard InChI is InChI=1S/C9H16N2O2S2/c1-8(6-10)15(12,13)11-7-9-2-4-14-5-3-9/h8-9,11H,2-5,7H2,1H3. The largest absolute Gasteiger partial charge is 0.227 e. The Kier molecular flexibility index (Phi) is 4.90. The number of sulfonamides is 1. The van der Waals surface area contributed by atoms with Crippen LogP contribution in [0, 0.1) is 17.2 Å². The Bertz CT molecular complexity index is 329. The zero-order valence-corrected chi connectivity index (χ0v) is 10.4. The van der Waals surface area contributed by atoms with Gasteiger partial charge in [-0.25, -0.2) is 13.1 Å². The van der Waals surface area contributed by atoms with Crippen LogP contribution in [0.15, 0.2) is 0 Å². The molecule has 0 aromatic rings. The molecule has 6 heteroatoms. The van der Waals surface area contributed by atoms with Gasteiger partial charge < -0.3 is 0 Å². The van der Waals surface area contributed by atoms with Gasteiger partial charge >= 0.3 is 0 Å². The second-order valence-electron chi connectivity index (χ2n) is 3.72. The molecule has 0 spiro atoms. The molecule has 0 aromatic carbocycles. The highest BCUT2D eigenvalue weighted by Crippen LogP contribution is 2.22. The number of thioether (sulfide) groups is 1. The van der Waals surface area contributed by atoms with Crippen LogP contribution in [0.2, 0.25) is 0 Å². The number of hydrogen-bond acceptors (Lipinski definition) is 4. The predicted octanol–water partition coefficient (Wildman–Crippen LogP) is 0.961. The lowest BCUT2D eigenvalue weighted by atomic mass is 10.0. The highest BCUT2D eigenvalue weighted by Gasteiger charge is 2.22. The van der Waals surface area contributed by atoms with Crippen molar-refractivity contribution in [2.75, 3.05) is 18.1 Å².